The number of benzene rings is 1. The van der Waals surface area contributed by atoms with E-state index < -0.39 is 10.0 Å². The lowest BCUT2D eigenvalue weighted by atomic mass is 10.2. The van der Waals surface area contributed by atoms with Crippen molar-refractivity contribution in [3.8, 4) is 5.75 Å². The Labute approximate surface area is 121 Å². The second-order valence-corrected chi connectivity index (χ2v) is 7.31. The number of anilines is 1. The SMILES string of the molecule is COc1cc(Br)c(N)cc1S(=O)(=O)NC(C)C1CC1. The van der Waals surface area contributed by atoms with Crippen molar-refractivity contribution in [3.05, 3.63) is 16.6 Å². The van der Waals surface area contributed by atoms with Crippen molar-refractivity contribution in [3.63, 3.8) is 0 Å². The van der Waals surface area contributed by atoms with E-state index in [2.05, 4.69) is 20.7 Å². The first kappa shape index (κ1) is 14.6. The fraction of sp³-hybridized carbons (Fsp3) is 0.500. The minimum atomic E-state index is -3.62. The highest BCUT2D eigenvalue weighted by Crippen LogP contribution is 2.35. The summed E-state index contributed by atoms with van der Waals surface area (Å²) in [6.07, 6.45) is 2.15. The Kier molecular flexibility index (Phi) is 4.08. The molecule has 0 spiro atoms. The molecule has 0 aliphatic heterocycles. The van der Waals surface area contributed by atoms with Crippen LogP contribution in [0.3, 0.4) is 0 Å². The van der Waals surface area contributed by atoms with Gasteiger partial charge in [-0.05, 0) is 53.7 Å². The topological polar surface area (TPSA) is 81.4 Å². The number of methoxy groups -OCH3 is 1. The minimum absolute atomic E-state index is 0.0698. The van der Waals surface area contributed by atoms with Gasteiger partial charge in [-0.25, -0.2) is 13.1 Å². The first-order valence-electron chi connectivity index (χ1n) is 6.00. The van der Waals surface area contributed by atoms with E-state index in [1.54, 1.807) is 6.07 Å². The molecule has 19 heavy (non-hydrogen) atoms. The van der Waals surface area contributed by atoms with E-state index in [-0.39, 0.29) is 16.7 Å². The van der Waals surface area contributed by atoms with Crippen molar-refractivity contribution in [1.29, 1.82) is 0 Å². The summed E-state index contributed by atoms with van der Waals surface area (Å²) in [7, 11) is -2.19. The van der Waals surface area contributed by atoms with E-state index in [4.69, 9.17) is 10.5 Å². The van der Waals surface area contributed by atoms with Crippen LogP contribution >= 0.6 is 15.9 Å². The summed E-state index contributed by atoms with van der Waals surface area (Å²) in [6, 6.07) is 2.90. The molecule has 0 saturated heterocycles. The zero-order valence-corrected chi connectivity index (χ0v) is 13.2. The van der Waals surface area contributed by atoms with Crippen molar-refractivity contribution in [2.45, 2.75) is 30.7 Å². The van der Waals surface area contributed by atoms with E-state index >= 15 is 0 Å². The van der Waals surface area contributed by atoms with Crippen molar-refractivity contribution in [2.75, 3.05) is 12.8 Å². The molecule has 1 aromatic rings. The van der Waals surface area contributed by atoms with Crippen molar-refractivity contribution < 1.29 is 13.2 Å². The van der Waals surface area contributed by atoms with Crippen LogP contribution in [0.25, 0.3) is 0 Å². The molecular weight excluding hydrogens is 332 g/mol. The fourth-order valence-electron chi connectivity index (χ4n) is 1.92. The van der Waals surface area contributed by atoms with Gasteiger partial charge in [-0.1, -0.05) is 0 Å². The van der Waals surface area contributed by atoms with Gasteiger partial charge in [0.2, 0.25) is 10.0 Å². The van der Waals surface area contributed by atoms with Gasteiger partial charge in [0.15, 0.2) is 0 Å². The van der Waals surface area contributed by atoms with Gasteiger partial charge >= 0.3 is 0 Å². The van der Waals surface area contributed by atoms with Gasteiger partial charge in [-0.3, -0.25) is 0 Å². The molecule has 1 aromatic carbocycles. The number of halogens is 1. The van der Waals surface area contributed by atoms with Crippen LogP contribution in [0.2, 0.25) is 0 Å². The molecule has 0 amide bonds. The maximum Gasteiger partial charge on any atom is 0.244 e. The lowest BCUT2D eigenvalue weighted by Crippen LogP contribution is -2.34. The molecule has 1 aliphatic carbocycles. The van der Waals surface area contributed by atoms with Gasteiger partial charge in [0.05, 0.1) is 7.11 Å². The lowest BCUT2D eigenvalue weighted by Gasteiger charge is -2.16. The van der Waals surface area contributed by atoms with Crippen LogP contribution in [0.5, 0.6) is 5.75 Å². The highest BCUT2D eigenvalue weighted by Gasteiger charge is 2.32. The predicted molar refractivity (Wildman–Crippen MR) is 77.6 cm³/mol. The maximum atomic E-state index is 12.4. The number of sulfonamides is 1. The van der Waals surface area contributed by atoms with Crippen LogP contribution in [0.15, 0.2) is 21.5 Å². The summed E-state index contributed by atoms with van der Waals surface area (Å²) >= 11 is 3.25. The Morgan fingerprint density at radius 3 is 2.63 bits per heavy atom. The first-order valence-corrected chi connectivity index (χ1v) is 8.28. The number of nitrogens with two attached hydrogens (primary N) is 1. The zero-order chi connectivity index (χ0) is 14.2. The Bertz CT molecular complexity index is 585. The summed E-state index contributed by atoms with van der Waals surface area (Å²) < 4.78 is 33.1. The van der Waals surface area contributed by atoms with Gasteiger partial charge in [-0.2, -0.15) is 0 Å². The van der Waals surface area contributed by atoms with Gasteiger partial charge in [0.25, 0.3) is 0 Å². The Morgan fingerprint density at radius 1 is 1.47 bits per heavy atom. The molecule has 2 rings (SSSR count). The molecule has 1 aliphatic rings. The third kappa shape index (κ3) is 3.21. The second kappa shape index (κ2) is 5.30. The summed E-state index contributed by atoms with van der Waals surface area (Å²) in [6.45, 7) is 1.88. The van der Waals surface area contributed by atoms with Crippen LogP contribution in [-0.4, -0.2) is 21.6 Å². The standard InChI is InChI=1S/C12H17BrN2O3S/c1-7(8-3-4-8)15-19(16,17)12-6-10(14)9(13)5-11(12)18-2/h5-8,15H,3-4,14H2,1-2H3. The molecule has 106 valence electrons. The number of nitrogens with one attached hydrogen (secondary N) is 1. The van der Waals surface area contributed by atoms with E-state index in [1.165, 1.54) is 13.2 Å². The van der Waals surface area contributed by atoms with Crippen LogP contribution in [-0.2, 0) is 10.0 Å². The summed E-state index contributed by atoms with van der Waals surface area (Å²) in [5, 5.41) is 0. The smallest absolute Gasteiger partial charge is 0.244 e. The normalized spacial score (nSPS) is 17.2. The number of nitrogen functional groups attached to an aromatic ring is 1. The second-order valence-electron chi connectivity index (χ2n) is 4.77. The van der Waals surface area contributed by atoms with E-state index in [9.17, 15) is 8.42 Å². The number of hydrogen-bond donors (Lipinski definition) is 2. The molecule has 0 bridgehead atoms. The molecule has 5 nitrogen and oxygen atoms in total. The van der Waals surface area contributed by atoms with Crippen LogP contribution in [0.1, 0.15) is 19.8 Å². The fourth-order valence-corrected chi connectivity index (χ4v) is 3.74. The molecule has 3 N–H and O–H groups in total. The average Bonchev–Trinajstić information content (AvgIpc) is 3.15. The molecule has 1 saturated carbocycles. The highest BCUT2D eigenvalue weighted by molar-refractivity contribution is 9.10. The molecule has 0 heterocycles. The average molecular weight is 349 g/mol. The third-order valence-electron chi connectivity index (χ3n) is 3.24. The van der Waals surface area contributed by atoms with Crippen molar-refractivity contribution in [1.82, 2.24) is 4.72 Å². The predicted octanol–water partition coefficient (Wildman–Crippen LogP) is 2.12. The van der Waals surface area contributed by atoms with Crippen LogP contribution in [0.4, 0.5) is 5.69 Å². The van der Waals surface area contributed by atoms with E-state index in [1.807, 2.05) is 6.92 Å². The number of rotatable bonds is 5. The van der Waals surface area contributed by atoms with Crippen LogP contribution in [0, 0.1) is 5.92 Å². The maximum absolute atomic E-state index is 12.4. The molecule has 1 fully saturated rings. The first-order chi connectivity index (χ1) is 8.85. The molecule has 1 unspecified atom stereocenters. The largest absolute Gasteiger partial charge is 0.495 e. The molecule has 1 atom stereocenters. The Hall–Kier alpha value is -0.790. The van der Waals surface area contributed by atoms with Crippen molar-refractivity contribution in [2.24, 2.45) is 5.92 Å². The van der Waals surface area contributed by atoms with Crippen LogP contribution < -0.4 is 15.2 Å². The number of ether oxygens (including phenoxy) is 1. The van der Waals surface area contributed by atoms with Gasteiger partial charge in [-0.15, -0.1) is 0 Å². The zero-order valence-electron chi connectivity index (χ0n) is 10.8. The molecule has 0 radical (unpaired) electrons. The van der Waals surface area contributed by atoms with E-state index in [0.29, 0.717) is 16.1 Å². The summed E-state index contributed by atoms with van der Waals surface area (Å²) in [4.78, 5) is 0.0724. The van der Waals surface area contributed by atoms with E-state index in [0.717, 1.165) is 12.8 Å². The number of hydrogen-bond acceptors (Lipinski definition) is 4. The molecular formula is C12H17BrN2O3S. The highest BCUT2D eigenvalue weighted by atomic mass is 79.9. The van der Waals surface area contributed by atoms with Crippen molar-refractivity contribution >= 4 is 31.6 Å². The van der Waals surface area contributed by atoms with Gasteiger partial charge in [0, 0.05) is 16.2 Å². The Morgan fingerprint density at radius 2 is 2.11 bits per heavy atom. The van der Waals surface area contributed by atoms with Gasteiger partial charge in [0.1, 0.15) is 10.6 Å². The lowest BCUT2D eigenvalue weighted by molar-refractivity contribution is 0.401. The monoisotopic (exact) mass is 348 g/mol. The summed E-state index contributed by atoms with van der Waals surface area (Å²) in [5.74, 6) is 0.713. The summed E-state index contributed by atoms with van der Waals surface area (Å²) in [5.41, 5.74) is 6.11. The Balaban J connectivity index is 2.35. The molecule has 7 heteroatoms. The van der Waals surface area contributed by atoms with Gasteiger partial charge < -0.3 is 10.5 Å². The quantitative estimate of drug-likeness (QED) is 0.798. The minimum Gasteiger partial charge on any atom is -0.495 e. The molecule has 0 aromatic heterocycles. The third-order valence-corrected chi connectivity index (χ3v) is 5.51.